The lowest BCUT2D eigenvalue weighted by atomic mass is 10.1. The Morgan fingerprint density at radius 1 is 1.00 bits per heavy atom. The predicted molar refractivity (Wildman–Crippen MR) is 121 cm³/mol. The van der Waals surface area contributed by atoms with Gasteiger partial charge in [0.05, 0.1) is 31.4 Å². The van der Waals surface area contributed by atoms with Crippen LogP contribution in [0, 0.1) is 6.92 Å². The van der Waals surface area contributed by atoms with Gasteiger partial charge in [0, 0.05) is 12.1 Å². The first kappa shape index (κ1) is 24.0. The molecule has 3 rings (SSSR count). The Bertz CT molecular complexity index is 1210. The Balaban J connectivity index is 1.56. The molecular formula is C23H25N3O6S. The molecule has 2 aromatic carbocycles. The summed E-state index contributed by atoms with van der Waals surface area (Å²) in [4.78, 5) is 24.7. The minimum Gasteiger partial charge on any atom is -0.497 e. The van der Waals surface area contributed by atoms with Gasteiger partial charge in [0.25, 0.3) is 5.91 Å². The van der Waals surface area contributed by atoms with Gasteiger partial charge in [-0.15, -0.1) is 0 Å². The van der Waals surface area contributed by atoms with Crippen LogP contribution in [0.3, 0.4) is 0 Å². The Hall–Kier alpha value is -3.63. The lowest BCUT2D eigenvalue weighted by molar-refractivity contribution is -0.120. The molecule has 3 aromatic rings. The summed E-state index contributed by atoms with van der Waals surface area (Å²) in [5, 5.41) is 5.24. The molecule has 0 bridgehead atoms. The van der Waals surface area contributed by atoms with E-state index in [-0.39, 0.29) is 29.5 Å². The van der Waals surface area contributed by atoms with Crippen LogP contribution in [-0.2, 0) is 27.9 Å². The molecule has 3 N–H and O–H groups in total. The van der Waals surface area contributed by atoms with Crippen molar-refractivity contribution < 1.29 is 27.2 Å². The van der Waals surface area contributed by atoms with Gasteiger partial charge in [0.15, 0.2) is 0 Å². The molecule has 0 fully saturated rings. The molecule has 10 heteroatoms. The van der Waals surface area contributed by atoms with Gasteiger partial charge in [0.1, 0.15) is 11.5 Å². The largest absolute Gasteiger partial charge is 0.497 e. The lowest BCUT2D eigenvalue weighted by Gasteiger charge is -2.11. The molecule has 0 aliphatic rings. The van der Waals surface area contributed by atoms with E-state index in [2.05, 4.69) is 15.4 Å². The number of amides is 2. The third-order valence-electron chi connectivity index (χ3n) is 4.84. The topological polar surface area (TPSA) is 127 Å². The van der Waals surface area contributed by atoms with Crippen LogP contribution in [0.25, 0.3) is 0 Å². The van der Waals surface area contributed by atoms with Crippen LogP contribution in [0.1, 0.15) is 27.2 Å². The van der Waals surface area contributed by atoms with Crippen LogP contribution in [-0.4, -0.2) is 33.9 Å². The fourth-order valence-corrected chi connectivity index (χ4v) is 3.96. The average molecular weight is 472 g/mol. The second-order valence-corrected chi connectivity index (χ2v) is 8.96. The molecular weight excluding hydrogens is 446 g/mol. The van der Waals surface area contributed by atoms with Gasteiger partial charge in [-0.3, -0.25) is 9.59 Å². The molecule has 2 amide bonds. The van der Waals surface area contributed by atoms with E-state index >= 15 is 0 Å². The molecule has 0 aliphatic heterocycles. The van der Waals surface area contributed by atoms with E-state index in [0.717, 1.165) is 5.56 Å². The van der Waals surface area contributed by atoms with E-state index in [1.807, 2.05) is 12.1 Å². The second kappa shape index (κ2) is 10.8. The second-order valence-electron chi connectivity index (χ2n) is 7.19. The Kier molecular flexibility index (Phi) is 7.86. The third-order valence-corrected chi connectivity index (χ3v) is 6.24. The van der Waals surface area contributed by atoms with E-state index < -0.39 is 15.9 Å². The maximum atomic E-state index is 12.6. The van der Waals surface area contributed by atoms with Crippen molar-refractivity contribution in [3.63, 3.8) is 0 Å². The van der Waals surface area contributed by atoms with Crippen molar-refractivity contribution in [1.29, 1.82) is 0 Å². The first-order chi connectivity index (χ1) is 15.8. The van der Waals surface area contributed by atoms with Crippen LogP contribution < -0.4 is 20.1 Å². The standard InChI is InChI=1S/C23H25N3O6S/c1-16-5-10-20(33(29,30)26-14-19-4-3-11-32-19)12-21(16)23(28)25-15-22(27)24-13-17-6-8-18(31-2)9-7-17/h3-12,26H,13-15H2,1-2H3,(H,24,27)(H,25,28). The van der Waals surface area contributed by atoms with Crippen LogP contribution >= 0.6 is 0 Å². The van der Waals surface area contributed by atoms with Crippen molar-refractivity contribution in [2.45, 2.75) is 24.9 Å². The van der Waals surface area contributed by atoms with Gasteiger partial charge < -0.3 is 19.8 Å². The van der Waals surface area contributed by atoms with Crippen LogP contribution in [0.5, 0.6) is 5.75 Å². The van der Waals surface area contributed by atoms with Crippen molar-refractivity contribution in [1.82, 2.24) is 15.4 Å². The molecule has 0 saturated heterocycles. The van der Waals surface area contributed by atoms with Crippen LogP contribution in [0.2, 0.25) is 0 Å². The fourth-order valence-electron chi connectivity index (χ4n) is 2.94. The summed E-state index contributed by atoms with van der Waals surface area (Å²) in [7, 11) is -2.29. The number of carbonyl (C=O) groups is 2. The number of hydrogen-bond donors (Lipinski definition) is 3. The first-order valence-corrected chi connectivity index (χ1v) is 11.6. The Labute approximate surface area is 192 Å². The summed E-state index contributed by atoms with van der Waals surface area (Å²) in [6.07, 6.45) is 1.45. The molecule has 0 atom stereocenters. The van der Waals surface area contributed by atoms with Crippen molar-refractivity contribution in [2.24, 2.45) is 0 Å². The summed E-state index contributed by atoms with van der Waals surface area (Å²) in [6.45, 7) is 1.72. The molecule has 9 nitrogen and oxygen atoms in total. The molecule has 33 heavy (non-hydrogen) atoms. The zero-order chi connectivity index (χ0) is 23.8. The van der Waals surface area contributed by atoms with Gasteiger partial charge in [-0.05, 0) is 54.4 Å². The summed E-state index contributed by atoms with van der Waals surface area (Å²) < 4.78 is 37.8. The molecule has 0 spiro atoms. The number of nitrogens with one attached hydrogen (secondary N) is 3. The summed E-state index contributed by atoms with van der Waals surface area (Å²) in [5.41, 5.74) is 1.63. The molecule has 1 heterocycles. The lowest BCUT2D eigenvalue weighted by Crippen LogP contribution is -2.37. The van der Waals surface area contributed by atoms with E-state index in [0.29, 0.717) is 23.6 Å². The molecule has 0 saturated carbocycles. The minimum absolute atomic E-state index is 0.0148. The zero-order valence-electron chi connectivity index (χ0n) is 18.3. The van der Waals surface area contributed by atoms with Crippen molar-refractivity contribution in [3.8, 4) is 5.75 Å². The van der Waals surface area contributed by atoms with E-state index in [1.54, 1.807) is 44.4 Å². The highest BCUT2D eigenvalue weighted by Crippen LogP contribution is 2.16. The molecule has 0 radical (unpaired) electrons. The van der Waals surface area contributed by atoms with Crippen LogP contribution in [0.15, 0.2) is 70.2 Å². The van der Waals surface area contributed by atoms with Crippen LogP contribution in [0.4, 0.5) is 0 Å². The summed E-state index contributed by atoms with van der Waals surface area (Å²) in [6, 6.07) is 14.8. The van der Waals surface area contributed by atoms with Crippen molar-refractivity contribution >= 4 is 21.8 Å². The number of furan rings is 1. The molecule has 174 valence electrons. The highest BCUT2D eigenvalue weighted by molar-refractivity contribution is 7.89. The monoisotopic (exact) mass is 471 g/mol. The summed E-state index contributed by atoms with van der Waals surface area (Å²) in [5.74, 6) is 0.258. The number of carbonyl (C=O) groups excluding carboxylic acids is 2. The number of methoxy groups -OCH3 is 1. The fraction of sp³-hybridized carbons (Fsp3) is 0.217. The normalized spacial score (nSPS) is 11.1. The van der Waals surface area contributed by atoms with Crippen molar-refractivity contribution in [3.05, 3.63) is 83.3 Å². The van der Waals surface area contributed by atoms with Crippen molar-refractivity contribution in [2.75, 3.05) is 13.7 Å². The number of hydrogen-bond acceptors (Lipinski definition) is 6. The molecule has 0 unspecified atom stereocenters. The predicted octanol–water partition coefficient (Wildman–Crippen LogP) is 2.12. The van der Waals surface area contributed by atoms with Gasteiger partial charge in [-0.25, -0.2) is 13.1 Å². The maximum Gasteiger partial charge on any atom is 0.252 e. The minimum atomic E-state index is -3.86. The number of aryl methyl sites for hydroxylation is 1. The van der Waals surface area contributed by atoms with E-state index in [1.165, 1.54) is 18.4 Å². The van der Waals surface area contributed by atoms with Gasteiger partial charge in [0.2, 0.25) is 15.9 Å². The highest BCUT2D eigenvalue weighted by atomic mass is 32.2. The third kappa shape index (κ3) is 6.67. The van der Waals surface area contributed by atoms with Gasteiger partial charge in [-0.1, -0.05) is 18.2 Å². The number of rotatable bonds is 10. The van der Waals surface area contributed by atoms with Gasteiger partial charge >= 0.3 is 0 Å². The smallest absolute Gasteiger partial charge is 0.252 e. The number of ether oxygens (including phenoxy) is 1. The highest BCUT2D eigenvalue weighted by Gasteiger charge is 2.19. The summed E-state index contributed by atoms with van der Waals surface area (Å²) >= 11 is 0. The first-order valence-electron chi connectivity index (χ1n) is 10.1. The molecule has 1 aromatic heterocycles. The molecule has 0 aliphatic carbocycles. The Morgan fingerprint density at radius 3 is 2.42 bits per heavy atom. The van der Waals surface area contributed by atoms with E-state index in [4.69, 9.17) is 9.15 Å². The average Bonchev–Trinajstić information content (AvgIpc) is 3.34. The maximum absolute atomic E-state index is 12.6. The Morgan fingerprint density at radius 2 is 1.76 bits per heavy atom. The van der Waals surface area contributed by atoms with Gasteiger partial charge in [-0.2, -0.15) is 0 Å². The number of sulfonamides is 1. The number of benzene rings is 2. The quantitative estimate of drug-likeness (QED) is 0.416. The van der Waals surface area contributed by atoms with E-state index in [9.17, 15) is 18.0 Å². The SMILES string of the molecule is COc1ccc(CNC(=O)CNC(=O)c2cc(S(=O)(=O)NCc3ccco3)ccc2C)cc1. The zero-order valence-corrected chi connectivity index (χ0v) is 19.1.